The van der Waals surface area contributed by atoms with Crippen LogP contribution in [0.2, 0.25) is 0 Å². The number of oxime groups is 2. The molecule has 0 aliphatic carbocycles. The van der Waals surface area contributed by atoms with Crippen molar-refractivity contribution in [2.24, 2.45) is 16.2 Å². The number of halogens is 1. The van der Waals surface area contributed by atoms with Crippen LogP contribution in [0.15, 0.2) is 10.3 Å². The van der Waals surface area contributed by atoms with Gasteiger partial charge in [-0.15, -0.1) is 11.6 Å². The molecule has 2 aliphatic rings. The van der Waals surface area contributed by atoms with Crippen LogP contribution < -0.4 is 0 Å². The quantitative estimate of drug-likeness (QED) is 0.577. The largest absolute Gasteiger partial charge is 0.395 e. The first-order chi connectivity index (χ1) is 5.83. The summed E-state index contributed by atoms with van der Waals surface area (Å²) in [6, 6.07) is 0. The molecule has 0 aromatic carbocycles. The third kappa shape index (κ3) is 1.06. The summed E-state index contributed by atoms with van der Waals surface area (Å²) in [6.45, 7) is 2.37. The normalized spacial score (nSPS) is 32.8. The summed E-state index contributed by atoms with van der Waals surface area (Å²) in [5.41, 5.74) is 1.67. The minimum Gasteiger partial charge on any atom is -0.395 e. The van der Waals surface area contributed by atoms with Gasteiger partial charge in [0.2, 0.25) is 0 Å². The molecular formula is C7H9ClN2O2. The summed E-state index contributed by atoms with van der Waals surface area (Å²) in [4.78, 5) is 10.1. The van der Waals surface area contributed by atoms with Crippen molar-refractivity contribution in [1.82, 2.24) is 0 Å². The van der Waals surface area contributed by atoms with Gasteiger partial charge in [-0.2, -0.15) is 0 Å². The van der Waals surface area contributed by atoms with Gasteiger partial charge in [-0.3, -0.25) is 0 Å². The molecule has 5 heteroatoms. The molecule has 2 rings (SSSR count). The molecule has 2 unspecified atom stereocenters. The first-order valence-electron chi connectivity index (χ1n) is 3.79. The van der Waals surface area contributed by atoms with Crippen molar-refractivity contribution in [1.29, 1.82) is 0 Å². The highest BCUT2D eigenvalue weighted by Gasteiger charge is 2.37. The molecule has 0 radical (unpaired) electrons. The molecule has 2 atom stereocenters. The van der Waals surface area contributed by atoms with E-state index in [4.69, 9.17) is 21.3 Å². The number of alkyl halides is 1. The number of nitrogens with zero attached hydrogens (tertiary/aromatic N) is 2. The molecular weight excluding hydrogens is 180 g/mol. The Labute approximate surface area is 75.1 Å². The van der Waals surface area contributed by atoms with Crippen LogP contribution in [0.3, 0.4) is 0 Å². The molecule has 0 fully saturated rings. The summed E-state index contributed by atoms with van der Waals surface area (Å²) in [5, 5.41) is 7.72. The fraction of sp³-hybridized carbons (Fsp3) is 0.714. The number of hydrogen-bond donors (Lipinski definition) is 0. The van der Waals surface area contributed by atoms with E-state index in [1.54, 1.807) is 0 Å². The van der Waals surface area contributed by atoms with Gasteiger partial charge >= 0.3 is 0 Å². The van der Waals surface area contributed by atoms with Crippen molar-refractivity contribution in [3.63, 3.8) is 0 Å². The minimum atomic E-state index is -0.0490. The molecule has 0 N–H and O–H groups in total. The third-order valence-electron chi connectivity index (χ3n) is 2.06. The van der Waals surface area contributed by atoms with E-state index in [1.807, 2.05) is 6.92 Å². The Bertz CT molecular complexity index is 252. The Morgan fingerprint density at radius 2 is 2.42 bits per heavy atom. The van der Waals surface area contributed by atoms with Crippen molar-refractivity contribution < 1.29 is 9.68 Å². The van der Waals surface area contributed by atoms with Gasteiger partial charge in [0, 0.05) is 0 Å². The summed E-state index contributed by atoms with van der Waals surface area (Å²) in [5.74, 6) is 0.605. The predicted molar refractivity (Wildman–Crippen MR) is 45.6 cm³/mol. The van der Waals surface area contributed by atoms with Gasteiger partial charge in [0.1, 0.15) is 18.0 Å². The number of fused-ring (bicyclic) bond motifs is 1. The highest BCUT2D eigenvalue weighted by atomic mass is 35.5. The van der Waals surface area contributed by atoms with E-state index < -0.39 is 0 Å². The Balaban J connectivity index is 2.20. The predicted octanol–water partition coefficient (Wildman–Crippen LogP) is 1.00. The van der Waals surface area contributed by atoms with Gasteiger partial charge in [0.25, 0.3) is 0 Å². The van der Waals surface area contributed by atoms with Crippen molar-refractivity contribution >= 4 is 23.0 Å². The number of rotatable bonds is 1. The molecule has 2 aliphatic heterocycles. The maximum atomic E-state index is 5.68. The van der Waals surface area contributed by atoms with Crippen LogP contribution in [0.1, 0.15) is 6.92 Å². The van der Waals surface area contributed by atoms with Crippen LogP contribution in [0.25, 0.3) is 0 Å². The van der Waals surface area contributed by atoms with Gasteiger partial charge in [0.05, 0.1) is 11.8 Å². The maximum Gasteiger partial charge on any atom is 0.152 e. The Morgan fingerprint density at radius 3 is 3.17 bits per heavy atom. The molecule has 12 heavy (non-hydrogen) atoms. The van der Waals surface area contributed by atoms with E-state index in [9.17, 15) is 0 Å². The average Bonchev–Trinajstić information content (AvgIpc) is 2.49. The van der Waals surface area contributed by atoms with E-state index in [1.165, 1.54) is 0 Å². The highest BCUT2D eigenvalue weighted by Crippen LogP contribution is 2.23. The second kappa shape index (κ2) is 2.94. The zero-order valence-corrected chi connectivity index (χ0v) is 7.41. The third-order valence-corrected chi connectivity index (χ3v) is 2.37. The Hall–Kier alpha value is -0.770. The van der Waals surface area contributed by atoms with Crippen molar-refractivity contribution in [3.05, 3.63) is 0 Å². The summed E-state index contributed by atoms with van der Waals surface area (Å²) < 4.78 is 0. The SMILES string of the molecule is CC1=NOCC2C1=NOC2CCl. The first-order valence-corrected chi connectivity index (χ1v) is 4.33. The van der Waals surface area contributed by atoms with Gasteiger partial charge in [-0.25, -0.2) is 0 Å². The lowest BCUT2D eigenvalue weighted by Crippen LogP contribution is -2.35. The molecule has 0 spiro atoms. The zero-order valence-electron chi connectivity index (χ0n) is 6.66. The molecule has 0 bridgehead atoms. The molecule has 66 valence electrons. The maximum absolute atomic E-state index is 5.68. The Kier molecular flexibility index (Phi) is 1.92. The van der Waals surface area contributed by atoms with Crippen LogP contribution in [-0.4, -0.2) is 30.0 Å². The highest BCUT2D eigenvalue weighted by molar-refractivity contribution is 6.42. The van der Waals surface area contributed by atoms with Crippen LogP contribution in [-0.2, 0) is 9.68 Å². The van der Waals surface area contributed by atoms with Crippen LogP contribution in [0, 0.1) is 5.92 Å². The summed E-state index contributed by atoms with van der Waals surface area (Å²) >= 11 is 5.68. The smallest absolute Gasteiger partial charge is 0.152 e. The monoisotopic (exact) mass is 188 g/mol. The molecule has 2 heterocycles. The lowest BCUT2D eigenvalue weighted by atomic mass is 9.96. The minimum absolute atomic E-state index is 0.0490. The number of hydrogen-bond acceptors (Lipinski definition) is 4. The summed E-state index contributed by atoms with van der Waals surface area (Å²) in [6.07, 6.45) is -0.0490. The van der Waals surface area contributed by atoms with E-state index in [0.29, 0.717) is 12.5 Å². The van der Waals surface area contributed by atoms with Crippen molar-refractivity contribution in [2.75, 3.05) is 12.5 Å². The van der Waals surface area contributed by atoms with Gasteiger partial charge in [0.15, 0.2) is 6.10 Å². The average molecular weight is 189 g/mol. The molecule has 0 saturated heterocycles. The van der Waals surface area contributed by atoms with Gasteiger partial charge in [-0.05, 0) is 6.92 Å². The second-order valence-electron chi connectivity index (χ2n) is 2.85. The zero-order chi connectivity index (χ0) is 8.55. The van der Waals surface area contributed by atoms with Crippen LogP contribution in [0.4, 0.5) is 0 Å². The topological polar surface area (TPSA) is 43.2 Å². The lowest BCUT2D eigenvalue weighted by Gasteiger charge is -2.18. The molecule has 0 aromatic heterocycles. The first kappa shape index (κ1) is 7.86. The molecule has 0 saturated carbocycles. The van der Waals surface area contributed by atoms with E-state index in [0.717, 1.165) is 11.4 Å². The van der Waals surface area contributed by atoms with Gasteiger partial charge in [-0.1, -0.05) is 10.3 Å². The standard InChI is InChI=1S/C7H9ClN2O2/c1-4-7-5(3-11-9-4)6(2-8)12-10-7/h5-6H,2-3H2,1H3. The van der Waals surface area contributed by atoms with Gasteiger partial charge < -0.3 is 9.68 Å². The fourth-order valence-electron chi connectivity index (χ4n) is 1.36. The van der Waals surface area contributed by atoms with E-state index in [2.05, 4.69) is 10.3 Å². The van der Waals surface area contributed by atoms with Crippen molar-refractivity contribution in [2.45, 2.75) is 13.0 Å². The van der Waals surface area contributed by atoms with Crippen LogP contribution >= 0.6 is 11.6 Å². The Morgan fingerprint density at radius 1 is 1.58 bits per heavy atom. The summed E-state index contributed by atoms with van der Waals surface area (Å²) in [7, 11) is 0. The molecule has 0 amide bonds. The van der Waals surface area contributed by atoms with E-state index in [-0.39, 0.29) is 12.0 Å². The van der Waals surface area contributed by atoms with Crippen molar-refractivity contribution in [3.8, 4) is 0 Å². The fourth-order valence-corrected chi connectivity index (χ4v) is 1.63. The van der Waals surface area contributed by atoms with E-state index >= 15 is 0 Å². The van der Waals surface area contributed by atoms with Crippen LogP contribution in [0.5, 0.6) is 0 Å². The molecule has 4 nitrogen and oxygen atoms in total. The lowest BCUT2D eigenvalue weighted by molar-refractivity contribution is 0.0391. The second-order valence-corrected chi connectivity index (χ2v) is 3.16. The molecule has 0 aromatic rings.